The van der Waals surface area contributed by atoms with Gasteiger partial charge in [-0.15, -0.1) is 0 Å². The van der Waals surface area contributed by atoms with E-state index >= 15 is 0 Å². The summed E-state index contributed by atoms with van der Waals surface area (Å²) in [6.45, 7) is 12.3. The van der Waals surface area contributed by atoms with E-state index < -0.39 is 0 Å². The lowest BCUT2D eigenvalue weighted by molar-refractivity contribution is -0.141. The van der Waals surface area contributed by atoms with E-state index in [1.54, 1.807) is 0 Å². The van der Waals surface area contributed by atoms with Crippen LogP contribution in [-0.2, 0) is 9.59 Å². The van der Waals surface area contributed by atoms with Crippen molar-refractivity contribution < 1.29 is 9.59 Å². The summed E-state index contributed by atoms with van der Waals surface area (Å²) in [4.78, 5) is 28.5. The molecule has 0 radical (unpaired) electrons. The highest BCUT2D eigenvalue weighted by Gasteiger charge is 2.36. The maximum absolute atomic E-state index is 12.6. The topological polar surface area (TPSA) is 64.7 Å². The van der Waals surface area contributed by atoms with Crippen molar-refractivity contribution in [3.05, 3.63) is 0 Å². The van der Waals surface area contributed by atoms with Crippen LogP contribution < -0.4 is 10.9 Å². The molecule has 2 aliphatic rings. The van der Waals surface area contributed by atoms with Crippen LogP contribution >= 0.6 is 0 Å². The number of nitrogens with one attached hydrogen (secondary N) is 2. The van der Waals surface area contributed by atoms with E-state index in [1.807, 2.05) is 11.8 Å². The monoisotopic (exact) mass is 324 g/mol. The lowest BCUT2D eigenvalue weighted by atomic mass is 9.90. The molecule has 6 nitrogen and oxygen atoms in total. The second kappa shape index (κ2) is 8.11. The Balaban J connectivity index is 1.91. The van der Waals surface area contributed by atoms with Gasteiger partial charge in [0, 0.05) is 32.2 Å². The van der Waals surface area contributed by atoms with Gasteiger partial charge in [-0.3, -0.25) is 19.9 Å². The summed E-state index contributed by atoms with van der Waals surface area (Å²) in [7, 11) is 0. The maximum Gasteiger partial charge on any atom is 0.238 e. The van der Waals surface area contributed by atoms with E-state index in [1.165, 1.54) is 6.42 Å². The number of hydrazine groups is 1. The van der Waals surface area contributed by atoms with Gasteiger partial charge in [0.15, 0.2) is 0 Å². The van der Waals surface area contributed by atoms with Crippen LogP contribution in [-0.4, -0.2) is 60.4 Å². The first-order valence-corrected chi connectivity index (χ1v) is 8.98. The van der Waals surface area contributed by atoms with E-state index in [-0.39, 0.29) is 23.8 Å². The average Bonchev–Trinajstić information content (AvgIpc) is 2.51. The number of hydrogen-bond acceptors (Lipinski definition) is 4. The Morgan fingerprint density at radius 3 is 2.61 bits per heavy atom. The second-order valence-electron chi connectivity index (χ2n) is 7.33. The normalized spacial score (nSPS) is 28.1. The average molecular weight is 324 g/mol. The number of carbonyl (C=O) groups excluding carboxylic acids is 2. The first-order chi connectivity index (χ1) is 10.9. The van der Waals surface area contributed by atoms with Crippen LogP contribution in [0.5, 0.6) is 0 Å². The molecule has 3 unspecified atom stereocenters. The molecule has 0 aromatic carbocycles. The Hall–Kier alpha value is -1.14. The lowest BCUT2D eigenvalue weighted by Crippen LogP contribution is -2.64. The summed E-state index contributed by atoms with van der Waals surface area (Å²) in [5.74, 6) is 1.32. The summed E-state index contributed by atoms with van der Waals surface area (Å²) in [5.41, 5.74) is 5.60. The van der Waals surface area contributed by atoms with Crippen molar-refractivity contribution in [2.24, 2.45) is 17.8 Å². The first-order valence-electron chi connectivity index (χ1n) is 8.98. The molecule has 2 amide bonds. The highest BCUT2D eigenvalue weighted by molar-refractivity contribution is 5.81. The van der Waals surface area contributed by atoms with Crippen LogP contribution in [0, 0.1) is 17.8 Å². The largest absolute Gasteiger partial charge is 0.340 e. The Morgan fingerprint density at radius 1 is 1.26 bits per heavy atom. The highest BCUT2D eigenvalue weighted by atomic mass is 16.2. The molecule has 2 rings (SSSR count). The summed E-state index contributed by atoms with van der Waals surface area (Å²) >= 11 is 0. The standard InChI is InChI=1S/C17H32N4O2/c1-5-6-14(12(2)3)10-21-8-7-20(11-16(21)22)15-9-18-19-17(23)13(15)4/h12-15,18H,5-11H2,1-4H3,(H,19,23). The minimum atomic E-state index is -0.0842. The molecule has 0 aromatic heterocycles. The number of carbonyl (C=O) groups is 2. The van der Waals surface area contributed by atoms with Crippen LogP contribution in [0.15, 0.2) is 0 Å². The zero-order valence-electron chi connectivity index (χ0n) is 15.0. The predicted molar refractivity (Wildman–Crippen MR) is 90.5 cm³/mol. The smallest absolute Gasteiger partial charge is 0.238 e. The summed E-state index contributed by atoms with van der Waals surface area (Å²) in [5, 5.41) is 0. The molecule has 23 heavy (non-hydrogen) atoms. The quantitative estimate of drug-likeness (QED) is 0.760. The highest BCUT2D eigenvalue weighted by Crippen LogP contribution is 2.21. The van der Waals surface area contributed by atoms with Crippen molar-refractivity contribution in [1.29, 1.82) is 0 Å². The van der Waals surface area contributed by atoms with Crippen LogP contribution in [0.1, 0.15) is 40.5 Å². The van der Waals surface area contributed by atoms with E-state index in [4.69, 9.17) is 0 Å². The number of piperazine rings is 1. The van der Waals surface area contributed by atoms with Crippen LogP contribution in [0.4, 0.5) is 0 Å². The fraction of sp³-hybridized carbons (Fsp3) is 0.882. The molecule has 3 atom stereocenters. The maximum atomic E-state index is 12.6. The molecule has 2 heterocycles. The van der Waals surface area contributed by atoms with Gasteiger partial charge in [0.05, 0.1) is 12.5 Å². The fourth-order valence-corrected chi connectivity index (χ4v) is 3.65. The van der Waals surface area contributed by atoms with Crippen molar-refractivity contribution in [3.8, 4) is 0 Å². The second-order valence-corrected chi connectivity index (χ2v) is 7.33. The van der Waals surface area contributed by atoms with Gasteiger partial charge in [-0.1, -0.05) is 34.1 Å². The number of nitrogens with zero attached hydrogens (tertiary/aromatic N) is 2. The molecular weight excluding hydrogens is 292 g/mol. The minimum Gasteiger partial charge on any atom is -0.340 e. The van der Waals surface area contributed by atoms with Crippen molar-refractivity contribution >= 4 is 11.8 Å². The molecule has 0 aromatic rings. The van der Waals surface area contributed by atoms with Gasteiger partial charge < -0.3 is 4.90 Å². The Labute approximate surface area is 139 Å². The third-order valence-electron chi connectivity index (χ3n) is 5.39. The summed E-state index contributed by atoms with van der Waals surface area (Å²) < 4.78 is 0. The van der Waals surface area contributed by atoms with Gasteiger partial charge in [0.1, 0.15) is 0 Å². The molecule has 0 aliphatic carbocycles. The number of rotatable bonds is 6. The third-order valence-corrected chi connectivity index (χ3v) is 5.39. The van der Waals surface area contributed by atoms with Crippen molar-refractivity contribution in [2.45, 2.75) is 46.6 Å². The first kappa shape index (κ1) is 18.2. The van der Waals surface area contributed by atoms with Gasteiger partial charge in [-0.2, -0.15) is 0 Å². The van der Waals surface area contributed by atoms with Crippen molar-refractivity contribution in [2.75, 3.05) is 32.7 Å². The molecule has 0 bridgehead atoms. The van der Waals surface area contributed by atoms with Crippen LogP contribution in [0.25, 0.3) is 0 Å². The minimum absolute atomic E-state index is 0.0129. The van der Waals surface area contributed by atoms with E-state index in [2.05, 4.69) is 36.5 Å². The summed E-state index contributed by atoms with van der Waals surface area (Å²) in [6, 6.07) is 0.103. The Bertz CT molecular complexity index is 427. The molecule has 2 aliphatic heterocycles. The SMILES string of the molecule is CCCC(CN1CCN(C2CNNC(=O)C2C)CC1=O)C(C)C. The van der Waals surface area contributed by atoms with Gasteiger partial charge >= 0.3 is 0 Å². The van der Waals surface area contributed by atoms with Gasteiger partial charge in [0.2, 0.25) is 11.8 Å². The summed E-state index contributed by atoms with van der Waals surface area (Å²) in [6.07, 6.45) is 2.34. The molecule has 6 heteroatoms. The fourth-order valence-electron chi connectivity index (χ4n) is 3.65. The zero-order valence-corrected chi connectivity index (χ0v) is 15.0. The van der Waals surface area contributed by atoms with Crippen LogP contribution in [0.2, 0.25) is 0 Å². The molecule has 2 saturated heterocycles. The van der Waals surface area contributed by atoms with Crippen molar-refractivity contribution in [3.63, 3.8) is 0 Å². The van der Waals surface area contributed by atoms with Gasteiger partial charge in [0.25, 0.3) is 0 Å². The third kappa shape index (κ3) is 4.44. The molecule has 0 saturated carbocycles. The van der Waals surface area contributed by atoms with Crippen molar-refractivity contribution in [1.82, 2.24) is 20.7 Å². The van der Waals surface area contributed by atoms with Gasteiger partial charge in [-0.05, 0) is 18.3 Å². The zero-order chi connectivity index (χ0) is 17.0. The lowest BCUT2D eigenvalue weighted by Gasteiger charge is -2.43. The van der Waals surface area contributed by atoms with E-state index in [9.17, 15) is 9.59 Å². The van der Waals surface area contributed by atoms with E-state index in [0.29, 0.717) is 24.9 Å². The molecule has 132 valence electrons. The van der Waals surface area contributed by atoms with Gasteiger partial charge in [-0.25, -0.2) is 5.43 Å². The van der Waals surface area contributed by atoms with Crippen LogP contribution in [0.3, 0.4) is 0 Å². The molecular formula is C17H32N4O2. The Kier molecular flexibility index (Phi) is 6.41. The molecule has 2 N–H and O–H groups in total. The molecule has 2 fully saturated rings. The predicted octanol–water partition coefficient (Wildman–Crippen LogP) is 0.842. The Morgan fingerprint density at radius 2 is 2.00 bits per heavy atom. The van der Waals surface area contributed by atoms with E-state index in [0.717, 1.165) is 26.1 Å². The number of hydrogen-bond donors (Lipinski definition) is 2. The number of amides is 2. The molecule has 0 spiro atoms.